The van der Waals surface area contributed by atoms with E-state index in [0.717, 1.165) is 5.56 Å². The Balaban J connectivity index is 3.19. The van der Waals surface area contributed by atoms with Gasteiger partial charge in [-0.15, -0.1) is 0 Å². The van der Waals surface area contributed by atoms with Crippen LogP contribution in [0.3, 0.4) is 0 Å². The van der Waals surface area contributed by atoms with Crippen LogP contribution in [0.15, 0.2) is 24.3 Å². The molecule has 0 unspecified atom stereocenters. The SMILES string of the molecule is CC=Cc1c(O)cccc1OC. The highest BCUT2D eigenvalue weighted by atomic mass is 16.5. The normalized spacial score (nSPS) is 10.5. The van der Waals surface area contributed by atoms with Crippen molar-refractivity contribution in [1.82, 2.24) is 0 Å². The third-order valence-electron chi connectivity index (χ3n) is 1.60. The lowest BCUT2D eigenvalue weighted by atomic mass is 10.1. The molecule has 0 atom stereocenters. The van der Waals surface area contributed by atoms with Crippen LogP contribution in [0.1, 0.15) is 12.5 Å². The summed E-state index contributed by atoms with van der Waals surface area (Å²) in [6, 6.07) is 5.20. The summed E-state index contributed by atoms with van der Waals surface area (Å²) < 4.78 is 5.07. The smallest absolute Gasteiger partial charge is 0.129 e. The van der Waals surface area contributed by atoms with Crippen LogP contribution in [0.4, 0.5) is 0 Å². The number of methoxy groups -OCH3 is 1. The van der Waals surface area contributed by atoms with Crippen molar-refractivity contribution in [3.63, 3.8) is 0 Å². The molecular formula is C10H12O2. The lowest BCUT2D eigenvalue weighted by Gasteiger charge is -2.05. The third-order valence-corrected chi connectivity index (χ3v) is 1.60. The van der Waals surface area contributed by atoms with Crippen LogP contribution in [0.5, 0.6) is 11.5 Å². The molecule has 0 heterocycles. The maximum absolute atomic E-state index is 9.42. The van der Waals surface area contributed by atoms with E-state index < -0.39 is 0 Å². The Morgan fingerprint density at radius 2 is 2.17 bits per heavy atom. The number of hydrogen-bond donors (Lipinski definition) is 1. The number of hydrogen-bond acceptors (Lipinski definition) is 2. The second kappa shape index (κ2) is 3.81. The summed E-state index contributed by atoms with van der Waals surface area (Å²) in [5.41, 5.74) is 0.725. The first kappa shape index (κ1) is 8.65. The first-order valence-electron chi connectivity index (χ1n) is 3.78. The lowest BCUT2D eigenvalue weighted by Crippen LogP contribution is -1.86. The highest BCUT2D eigenvalue weighted by Gasteiger charge is 2.02. The molecule has 0 spiro atoms. The van der Waals surface area contributed by atoms with Gasteiger partial charge in [0.1, 0.15) is 11.5 Å². The summed E-state index contributed by atoms with van der Waals surface area (Å²) in [5, 5.41) is 9.42. The van der Waals surface area contributed by atoms with E-state index in [0.29, 0.717) is 5.75 Å². The molecule has 1 N–H and O–H groups in total. The fourth-order valence-electron chi connectivity index (χ4n) is 1.04. The zero-order valence-corrected chi connectivity index (χ0v) is 7.24. The molecule has 0 aliphatic carbocycles. The maximum atomic E-state index is 9.42. The van der Waals surface area contributed by atoms with Crippen molar-refractivity contribution in [2.45, 2.75) is 6.92 Å². The predicted octanol–water partition coefficient (Wildman–Crippen LogP) is 2.43. The Labute approximate surface area is 72.1 Å². The number of allylic oxidation sites excluding steroid dienone is 1. The molecule has 2 heteroatoms. The second-order valence-corrected chi connectivity index (χ2v) is 2.39. The third kappa shape index (κ3) is 1.59. The highest BCUT2D eigenvalue weighted by Crippen LogP contribution is 2.28. The van der Waals surface area contributed by atoms with E-state index in [1.54, 1.807) is 19.2 Å². The second-order valence-electron chi connectivity index (χ2n) is 2.39. The van der Waals surface area contributed by atoms with Gasteiger partial charge in [-0.05, 0) is 19.1 Å². The minimum absolute atomic E-state index is 0.243. The standard InChI is InChI=1S/C10H12O2/c1-3-5-8-9(11)6-4-7-10(8)12-2/h3-7,11H,1-2H3. The summed E-state index contributed by atoms with van der Waals surface area (Å²) in [7, 11) is 1.59. The average Bonchev–Trinajstić information content (AvgIpc) is 2.09. The molecule has 0 radical (unpaired) electrons. The molecule has 0 saturated carbocycles. The van der Waals surface area contributed by atoms with Gasteiger partial charge in [0.15, 0.2) is 0 Å². The van der Waals surface area contributed by atoms with Crippen LogP contribution in [-0.4, -0.2) is 12.2 Å². The molecule has 1 aromatic rings. The molecule has 0 aliphatic heterocycles. The van der Waals surface area contributed by atoms with Crippen molar-refractivity contribution < 1.29 is 9.84 Å². The molecule has 0 fully saturated rings. The van der Waals surface area contributed by atoms with Crippen LogP contribution in [0, 0.1) is 0 Å². The summed E-state index contributed by atoms with van der Waals surface area (Å²) >= 11 is 0. The van der Waals surface area contributed by atoms with Crippen molar-refractivity contribution in [2.75, 3.05) is 7.11 Å². The zero-order chi connectivity index (χ0) is 8.97. The maximum Gasteiger partial charge on any atom is 0.129 e. The number of rotatable bonds is 2. The summed E-state index contributed by atoms with van der Waals surface area (Å²) in [5.74, 6) is 0.931. The van der Waals surface area contributed by atoms with Gasteiger partial charge in [-0.25, -0.2) is 0 Å². The van der Waals surface area contributed by atoms with Gasteiger partial charge in [0, 0.05) is 0 Å². The number of phenolic OH excluding ortho intramolecular Hbond substituents is 1. The quantitative estimate of drug-likeness (QED) is 0.727. The molecule has 0 aliphatic rings. The van der Waals surface area contributed by atoms with Gasteiger partial charge < -0.3 is 9.84 Å². The Bertz CT molecular complexity index is 290. The number of ether oxygens (including phenoxy) is 1. The topological polar surface area (TPSA) is 29.5 Å². The van der Waals surface area contributed by atoms with Gasteiger partial charge in [-0.2, -0.15) is 0 Å². The monoisotopic (exact) mass is 164 g/mol. The van der Waals surface area contributed by atoms with E-state index in [-0.39, 0.29) is 5.75 Å². The molecule has 1 rings (SSSR count). The summed E-state index contributed by atoms with van der Waals surface area (Å²) in [6.07, 6.45) is 3.67. The van der Waals surface area contributed by atoms with Crippen molar-refractivity contribution >= 4 is 6.08 Å². The minimum atomic E-state index is 0.243. The van der Waals surface area contributed by atoms with Crippen LogP contribution in [0.2, 0.25) is 0 Å². The zero-order valence-electron chi connectivity index (χ0n) is 7.24. The van der Waals surface area contributed by atoms with Gasteiger partial charge >= 0.3 is 0 Å². The Hall–Kier alpha value is -1.44. The van der Waals surface area contributed by atoms with Crippen molar-refractivity contribution in [1.29, 1.82) is 0 Å². The molecule has 2 nitrogen and oxygen atoms in total. The van der Waals surface area contributed by atoms with Crippen LogP contribution in [-0.2, 0) is 0 Å². The molecular weight excluding hydrogens is 152 g/mol. The van der Waals surface area contributed by atoms with E-state index in [1.807, 2.05) is 25.1 Å². The van der Waals surface area contributed by atoms with Gasteiger partial charge in [-0.1, -0.05) is 18.2 Å². The van der Waals surface area contributed by atoms with E-state index in [1.165, 1.54) is 0 Å². The van der Waals surface area contributed by atoms with Crippen LogP contribution < -0.4 is 4.74 Å². The fourth-order valence-corrected chi connectivity index (χ4v) is 1.04. The van der Waals surface area contributed by atoms with Gasteiger partial charge in [-0.3, -0.25) is 0 Å². The Kier molecular flexibility index (Phi) is 2.75. The molecule has 0 aromatic heterocycles. The van der Waals surface area contributed by atoms with Gasteiger partial charge in [0.2, 0.25) is 0 Å². The highest BCUT2D eigenvalue weighted by molar-refractivity contribution is 5.63. The Morgan fingerprint density at radius 3 is 2.75 bits per heavy atom. The van der Waals surface area contributed by atoms with E-state index in [2.05, 4.69) is 0 Å². The molecule has 0 amide bonds. The molecule has 64 valence electrons. The first-order chi connectivity index (χ1) is 5.79. The number of benzene rings is 1. The lowest BCUT2D eigenvalue weighted by molar-refractivity contribution is 0.406. The van der Waals surface area contributed by atoms with Gasteiger partial charge in [0.05, 0.1) is 12.7 Å². The van der Waals surface area contributed by atoms with Crippen molar-refractivity contribution in [3.05, 3.63) is 29.8 Å². The van der Waals surface area contributed by atoms with Crippen LogP contribution >= 0.6 is 0 Å². The van der Waals surface area contributed by atoms with E-state index in [4.69, 9.17) is 4.74 Å². The predicted molar refractivity (Wildman–Crippen MR) is 49.4 cm³/mol. The molecule has 12 heavy (non-hydrogen) atoms. The van der Waals surface area contributed by atoms with E-state index in [9.17, 15) is 5.11 Å². The summed E-state index contributed by atoms with van der Waals surface area (Å²) in [6.45, 7) is 1.89. The largest absolute Gasteiger partial charge is 0.507 e. The molecule has 1 aromatic carbocycles. The van der Waals surface area contributed by atoms with E-state index >= 15 is 0 Å². The van der Waals surface area contributed by atoms with Crippen molar-refractivity contribution in [2.24, 2.45) is 0 Å². The van der Waals surface area contributed by atoms with Crippen LogP contribution in [0.25, 0.3) is 6.08 Å². The minimum Gasteiger partial charge on any atom is -0.507 e. The average molecular weight is 164 g/mol. The molecule has 0 saturated heterocycles. The number of aromatic hydroxyl groups is 1. The molecule has 0 bridgehead atoms. The summed E-state index contributed by atoms with van der Waals surface area (Å²) in [4.78, 5) is 0. The fraction of sp³-hybridized carbons (Fsp3) is 0.200. The number of phenols is 1. The van der Waals surface area contributed by atoms with Gasteiger partial charge in [0.25, 0.3) is 0 Å². The first-order valence-corrected chi connectivity index (χ1v) is 3.78. The Morgan fingerprint density at radius 1 is 1.42 bits per heavy atom. The van der Waals surface area contributed by atoms with Crippen molar-refractivity contribution in [3.8, 4) is 11.5 Å².